The third-order valence-electron chi connectivity index (χ3n) is 7.53. The molecular formula is C29H30FN5O2. The van der Waals surface area contributed by atoms with E-state index in [1.54, 1.807) is 18.3 Å². The monoisotopic (exact) mass is 499 g/mol. The number of aromatic nitrogens is 2. The molecule has 3 N–H and O–H groups in total. The van der Waals surface area contributed by atoms with E-state index in [1.165, 1.54) is 6.07 Å². The number of carbonyl (C=O) groups is 2. The minimum absolute atomic E-state index is 0.0125. The van der Waals surface area contributed by atoms with Crippen LogP contribution < -0.4 is 10.6 Å². The summed E-state index contributed by atoms with van der Waals surface area (Å²) in [5, 5.41) is 8.00. The molecule has 2 fully saturated rings. The normalized spacial score (nSPS) is 16.8. The summed E-state index contributed by atoms with van der Waals surface area (Å²) in [4.78, 5) is 35.3. The molecule has 4 aromatic rings. The van der Waals surface area contributed by atoms with Gasteiger partial charge < -0.3 is 15.6 Å². The summed E-state index contributed by atoms with van der Waals surface area (Å²) >= 11 is 0. The zero-order chi connectivity index (χ0) is 25.4. The van der Waals surface area contributed by atoms with E-state index in [4.69, 9.17) is 0 Å². The minimum atomic E-state index is -0.196. The predicted octanol–water partition coefficient (Wildman–Crippen LogP) is 4.85. The van der Waals surface area contributed by atoms with Gasteiger partial charge in [0.2, 0.25) is 5.91 Å². The Labute approximate surface area is 214 Å². The van der Waals surface area contributed by atoms with Gasteiger partial charge in [0.15, 0.2) is 5.82 Å². The number of amides is 2. The Balaban J connectivity index is 1.07. The van der Waals surface area contributed by atoms with E-state index in [0.717, 1.165) is 72.7 Å². The second-order valence-corrected chi connectivity index (χ2v) is 10.3. The summed E-state index contributed by atoms with van der Waals surface area (Å²) in [5.41, 5.74) is 3.20. The van der Waals surface area contributed by atoms with Gasteiger partial charge in [0.05, 0.1) is 5.52 Å². The number of likely N-dealkylation sites (tertiary alicyclic amines) is 1. The Morgan fingerprint density at radius 2 is 1.86 bits per heavy atom. The molecule has 1 saturated carbocycles. The van der Waals surface area contributed by atoms with Crippen LogP contribution >= 0.6 is 0 Å². The lowest BCUT2D eigenvalue weighted by atomic mass is 9.96. The summed E-state index contributed by atoms with van der Waals surface area (Å²) < 4.78 is 13.5. The Morgan fingerprint density at radius 1 is 1.03 bits per heavy atom. The van der Waals surface area contributed by atoms with Gasteiger partial charge in [-0.2, -0.15) is 0 Å². The topological polar surface area (TPSA) is 90.1 Å². The maximum atomic E-state index is 13.5. The minimum Gasteiger partial charge on any atom is -0.352 e. The zero-order valence-electron chi connectivity index (χ0n) is 20.6. The molecule has 2 aliphatic rings. The highest BCUT2D eigenvalue weighted by Gasteiger charge is 2.30. The van der Waals surface area contributed by atoms with E-state index in [9.17, 15) is 14.0 Å². The molecule has 3 heterocycles. The number of rotatable bonds is 7. The number of H-pyrrole nitrogens is 1. The van der Waals surface area contributed by atoms with Gasteiger partial charge in [-0.05, 0) is 80.6 Å². The molecule has 0 atom stereocenters. The van der Waals surface area contributed by atoms with Crippen LogP contribution in [0.15, 0.2) is 54.7 Å². The second kappa shape index (κ2) is 9.94. The van der Waals surface area contributed by atoms with Crippen molar-refractivity contribution in [1.82, 2.24) is 20.2 Å². The molecule has 2 amide bonds. The summed E-state index contributed by atoms with van der Waals surface area (Å²) in [5.74, 6) is 0.769. The van der Waals surface area contributed by atoms with E-state index in [0.29, 0.717) is 23.8 Å². The molecule has 8 heteroatoms. The molecule has 1 aliphatic carbocycles. The van der Waals surface area contributed by atoms with Crippen LogP contribution in [0.5, 0.6) is 0 Å². The zero-order valence-corrected chi connectivity index (χ0v) is 20.6. The Morgan fingerprint density at radius 3 is 2.65 bits per heavy atom. The van der Waals surface area contributed by atoms with Crippen molar-refractivity contribution in [1.29, 1.82) is 0 Å². The molecule has 1 aliphatic heterocycles. The van der Waals surface area contributed by atoms with Crippen LogP contribution in [-0.2, 0) is 11.3 Å². The van der Waals surface area contributed by atoms with Crippen molar-refractivity contribution in [2.45, 2.75) is 32.2 Å². The molecule has 0 radical (unpaired) electrons. The first-order valence-electron chi connectivity index (χ1n) is 13.0. The van der Waals surface area contributed by atoms with Gasteiger partial charge in [0.1, 0.15) is 5.82 Å². The number of nitrogens with zero attached hydrogens (tertiary/aromatic N) is 2. The number of anilines is 1. The fourth-order valence-electron chi connectivity index (χ4n) is 5.21. The van der Waals surface area contributed by atoms with Gasteiger partial charge in [-0.3, -0.25) is 14.5 Å². The number of pyridine rings is 1. The largest absolute Gasteiger partial charge is 0.352 e. The van der Waals surface area contributed by atoms with Crippen LogP contribution in [0.2, 0.25) is 0 Å². The first-order chi connectivity index (χ1) is 18.0. The molecule has 6 rings (SSSR count). The highest BCUT2D eigenvalue weighted by atomic mass is 19.1. The Kier molecular flexibility index (Phi) is 6.34. The third kappa shape index (κ3) is 5.20. The van der Waals surface area contributed by atoms with Crippen LogP contribution in [-0.4, -0.2) is 46.3 Å². The molecule has 37 heavy (non-hydrogen) atoms. The van der Waals surface area contributed by atoms with Gasteiger partial charge in [-0.25, -0.2) is 9.37 Å². The van der Waals surface area contributed by atoms with Crippen molar-refractivity contribution in [3.8, 4) is 0 Å². The molecule has 7 nitrogen and oxygen atoms in total. The standard InChI is InChI=1S/C29H30FN5O2/c30-22-3-1-2-19(14-22)17-35-12-9-18(10-13-35)16-32-28(36)21-6-7-23-24-8-11-31-27(26(24)33-25(23)15-21)34-29(37)20-4-5-20/h1-3,6-8,11,14-15,18,20,33H,4-5,9-10,12-13,16-17H2,(H,32,36)(H,31,34,37). The van der Waals surface area contributed by atoms with Crippen LogP contribution in [0.1, 0.15) is 41.6 Å². The molecule has 2 aromatic carbocycles. The van der Waals surface area contributed by atoms with Crippen molar-refractivity contribution < 1.29 is 14.0 Å². The molecule has 0 spiro atoms. The highest BCUT2D eigenvalue weighted by molar-refractivity contribution is 6.13. The lowest BCUT2D eigenvalue weighted by molar-refractivity contribution is -0.117. The SMILES string of the molecule is O=C(NCC1CCN(Cc2cccc(F)c2)CC1)c1ccc2c(c1)[nH]c1c(NC(=O)C3CC3)nccc12. The first-order valence-corrected chi connectivity index (χ1v) is 13.0. The second-order valence-electron chi connectivity index (χ2n) is 10.3. The summed E-state index contributed by atoms with van der Waals surface area (Å²) in [6.07, 6.45) is 5.56. The van der Waals surface area contributed by atoms with Gasteiger partial charge in [0.25, 0.3) is 5.91 Å². The van der Waals surface area contributed by atoms with Gasteiger partial charge in [-0.15, -0.1) is 0 Å². The average molecular weight is 500 g/mol. The van der Waals surface area contributed by atoms with Crippen molar-refractivity contribution in [3.63, 3.8) is 0 Å². The fraction of sp³-hybridized carbons (Fsp3) is 0.345. The molecule has 1 saturated heterocycles. The van der Waals surface area contributed by atoms with Crippen molar-refractivity contribution in [3.05, 3.63) is 71.7 Å². The van der Waals surface area contributed by atoms with E-state index < -0.39 is 0 Å². The first kappa shape index (κ1) is 23.6. The maximum Gasteiger partial charge on any atom is 0.251 e. The summed E-state index contributed by atoms with van der Waals surface area (Å²) in [6.45, 7) is 3.26. The number of piperidine rings is 1. The van der Waals surface area contributed by atoms with Crippen LogP contribution in [0.4, 0.5) is 10.2 Å². The number of nitrogens with one attached hydrogen (secondary N) is 3. The highest BCUT2D eigenvalue weighted by Crippen LogP contribution is 2.33. The lowest BCUT2D eigenvalue weighted by Crippen LogP contribution is -2.38. The van der Waals surface area contributed by atoms with Crippen LogP contribution in [0.3, 0.4) is 0 Å². The number of benzene rings is 2. The molecule has 0 unspecified atom stereocenters. The number of fused-ring (bicyclic) bond motifs is 3. The van der Waals surface area contributed by atoms with Crippen LogP contribution in [0.25, 0.3) is 21.8 Å². The fourth-order valence-corrected chi connectivity index (χ4v) is 5.21. The van der Waals surface area contributed by atoms with Crippen molar-refractivity contribution >= 4 is 39.4 Å². The smallest absolute Gasteiger partial charge is 0.251 e. The summed E-state index contributed by atoms with van der Waals surface area (Å²) in [7, 11) is 0. The number of halogens is 1. The van der Waals surface area contributed by atoms with E-state index in [1.807, 2.05) is 30.3 Å². The number of carbonyl (C=O) groups excluding carboxylic acids is 2. The van der Waals surface area contributed by atoms with E-state index >= 15 is 0 Å². The van der Waals surface area contributed by atoms with Crippen molar-refractivity contribution in [2.24, 2.45) is 11.8 Å². The lowest BCUT2D eigenvalue weighted by Gasteiger charge is -2.32. The maximum absolute atomic E-state index is 13.5. The predicted molar refractivity (Wildman–Crippen MR) is 142 cm³/mol. The Bertz CT molecular complexity index is 1470. The average Bonchev–Trinajstić information content (AvgIpc) is 3.69. The van der Waals surface area contributed by atoms with Gasteiger partial charge in [0, 0.05) is 47.1 Å². The molecular weight excluding hydrogens is 469 g/mol. The van der Waals surface area contributed by atoms with Gasteiger partial charge in [-0.1, -0.05) is 18.2 Å². The Hall–Kier alpha value is -3.78. The molecule has 2 aromatic heterocycles. The molecule has 190 valence electrons. The summed E-state index contributed by atoms with van der Waals surface area (Å²) in [6, 6.07) is 14.3. The van der Waals surface area contributed by atoms with E-state index in [2.05, 4.69) is 25.5 Å². The number of aromatic amines is 1. The quantitative estimate of drug-likeness (QED) is 0.339. The van der Waals surface area contributed by atoms with Gasteiger partial charge >= 0.3 is 0 Å². The van der Waals surface area contributed by atoms with Crippen molar-refractivity contribution in [2.75, 3.05) is 25.0 Å². The number of hydrogen-bond donors (Lipinski definition) is 3. The molecule has 0 bridgehead atoms. The third-order valence-corrected chi connectivity index (χ3v) is 7.53. The van der Waals surface area contributed by atoms with E-state index in [-0.39, 0.29) is 23.5 Å². The van der Waals surface area contributed by atoms with Crippen LogP contribution in [0, 0.1) is 17.7 Å². The number of hydrogen-bond acceptors (Lipinski definition) is 4.